The van der Waals surface area contributed by atoms with Gasteiger partial charge < -0.3 is 30.7 Å². The summed E-state index contributed by atoms with van der Waals surface area (Å²) in [4.78, 5) is 54.2. The van der Waals surface area contributed by atoms with Crippen LogP contribution in [0.3, 0.4) is 0 Å². The number of aromatic nitrogens is 6. The van der Waals surface area contributed by atoms with E-state index < -0.39 is 43.0 Å². The van der Waals surface area contributed by atoms with E-state index in [0.29, 0.717) is 92.6 Å². The van der Waals surface area contributed by atoms with Crippen molar-refractivity contribution in [3.05, 3.63) is 57.3 Å². The molecule has 1 saturated carbocycles. The number of rotatable bonds is 18. The van der Waals surface area contributed by atoms with Crippen LogP contribution in [-0.4, -0.2) is 132 Å². The molecule has 4 aromatic rings. The first-order chi connectivity index (χ1) is 34.8. The van der Waals surface area contributed by atoms with Crippen LogP contribution in [0.5, 0.6) is 0 Å². The van der Waals surface area contributed by atoms with Crippen LogP contribution in [0, 0.1) is 29.6 Å². The smallest absolute Gasteiger partial charge is 0.229 e. The van der Waals surface area contributed by atoms with E-state index in [-0.39, 0.29) is 86.4 Å². The molecule has 3 saturated heterocycles. The normalized spacial score (nSPS) is 23.3. The SMILES string of the molecule is CCS(=O)(=O)N1CC(C(=O)Nc2cc(-c3nc(NCC4CCOCC4)cnc3Cl)c(Cl)cn2)CC(C2CC(CNc3cnc(Cl)c(-c4cc(NC(=O)C5CCC(NS(=O)(=O)C(C)C)C5)ncc4Cl)n3)CCO2)C1. The second-order valence-electron chi connectivity index (χ2n) is 19.3. The van der Waals surface area contributed by atoms with E-state index in [1.165, 1.54) is 22.9 Å². The first-order valence-corrected chi connectivity index (χ1v) is 29.2. The molecule has 0 aromatic carbocycles. The molecule has 20 nitrogen and oxygen atoms in total. The van der Waals surface area contributed by atoms with Crippen molar-refractivity contribution in [3.63, 3.8) is 0 Å². The van der Waals surface area contributed by atoms with Gasteiger partial charge in [0.2, 0.25) is 31.9 Å². The van der Waals surface area contributed by atoms with Gasteiger partial charge in [-0.3, -0.25) is 9.59 Å². The van der Waals surface area contributed by atoms with Gasteiger partial charge in [0.05, 0.1) is 45.5 Å². The Kier molecular flexibility index (Phi) is 18.3. The fourth-order valence-corrected chi connectivity index (χ4v) is 12.5. The highest BCUT2D eigenvalue weighted by atomic mass is 35.5. The highest BCUT2D eigenvalue weighted by Crippen LogP contribution is 2.38. The molecule has 396 valence electrons. The predicted octanol–water partition coefficient (Wildman–Crippen LogP) is 7.41. The number of amides is 2. The zero-order valence-corrected chi connectivity index (χ0v) is 45.3. The minimum atomic E-state index is -3.69. The summed E-state index contributed by atoms with van der Waals surface area (Å²) in [6.07, 6.45) is 10.5. The van der Waals surface area contributed by atoms with E-state index in [2.05, 4.69) is 45.9 Å². The van der Waals surface area contributed by atoms with E-state index in [9.17, 15) is 26.4 Å². The summed E-state index contributed by atoms with van der Waals surface area (Å²) in [5.74, 6) is -0.420. The van der Waals surface area contributed by atoms with Gasteiger partial charge in [-0.15, -0.1) is 0 Å². The van der Waals surface area contributed by atoms with Gasteiger partial charge in [0.25, 0.3) is 0 Å². The molecule has 4 aliphatic rings. The number of halogens is 4. The molecule has 6 unspecified atom stereocenters. The third kappa shape index (κ3) is 14.0. The topological polar surface area (TPSA) is 262 Å². The summed E-state index contributed by atoms with van der Waals surface area (Å²) in [6.45, 7) is 8.01. The lowest BCUT2D eigenvalue weighted by atomic mass is 9.81. The van der Waals surface area contributed by atoms with Crippen LogP contribution in [0.1, 0.15) is 72.1 Å². The summed E-state index contributed by atoms with van der Waals surface area (Å²) >= 11 is 26.4. The van der Waals surface area contributed by atoms with Gasteiger partial charge >= 0.3 is 0 Å². The third-order valence-corrected chi connectivity index (χ3v) is 18.8. The van der Waals surface area contributed by atoms with Crippen LogP contribution in [0.25, 0.3) is 22.5 Å². The third-order valence-electron chi connectivity index (χ3n) is 13.9. The standard InChI is InChI=1S/C47H60Cl4N12O8S2/c1-4-72(66,67)63-24-30(14-31(25-63)47(65)61-39-17-34(36(49)21-55-39)42-44(50)56-22-40(58-42)52-18-27-7-10-70-11-8-27)37-13-28(9-12-71-37)19-53-41-23-57-45(51)43(59-41)33-16-38(54-20-35(33)48)60-46(64)29-5-6-32(15-29)62-73(68,69)26(2)3/h16-17,20-23,26-32,37,62H,4-15,18-19,24-25H2,1-3H3,(H,52,58)(H,53,59)(H,54,60,64)(H,55,61,65). The van der Waals surface area contributed by atoms with Gasteiger partial charge in [0.15, 0.2) is 10.3 Å². The van der Waals surface area contributed by atoms with Gasteiger partial charge in [-0.1, -0.05) is 46.4 Å². The molecule has 5 N–H and O–H groups in total. The molecular formula is C47H60Cl4N12O8S2. The number of hydrogen-bond acceptors (Lipinski definition) is 16. The van der Waals surface area contributed by atoms with E-state index in [1.807, 2.05) is 0 Å². The first-order valence-electron chi connectivity index (χ1n) is 24.5. The maximum atomic E-state index is 14.1. The number of carbonyl (C=O) groups is 2. The Morgan fingerprint density at radius 1 is 0.685 bits per heavy atom. The Bertz CT molecular complexity index is 2870. The lowest BCUT2D eigenvalue weighted by molar-refractivity contribution is -0.123. The molecule has 73 heavy (non-hydrogen) atoms. The zero-order chi connectivity index (χ0) is 52.0. The number of pyridine rings is 2. The summed E-state index contributed by atoms with van der Waals surface area (Å²) in [7, 11) is -7.17. The minimum Gasteiger partial charge on any atom is -0.381 e. The van der Waals surface area contributed by atoms with Crippen LogP contribution in [0.4, 0.5) is 23.3 Å². The second kappa shape index (κ2) is 24.3. The van der Waals surface area contributed by atoms with Crippen LogP contribution in [0.2, 0.25) is 20.4 Å². The quantitative estimate of drug-likeness (QED) is 0.0649. The highest BCUT2D eigenvalue weighted by Gasteiger charge is 2.42. The fourth-order valence-electron chi connectivity index (χ4n) is 9.62. The molecule has 3 aliphatic heterocycles. The van der Waals surface area contributed by atoms with E-state index >= 15 is 0 Å². The summed E-state index contributed by atoms with van der Waals surface area (Å²) in [6, 6.07) is 2.81. The monoisotopic (exact) mass is 1120 g/mol. The maximum absolute atomic E-state index is 14.1. The largest absolute Gasteiger partial charge is 0.381 e. The lowest BCUT2D eigenvalue weighted by Crippen LogP contribution is -2.51. The molecule has 7 heterocycles. The van der Waals surface area contributed by atoms with Gasteiger partial charge in [0.1, 0.15) is 34.7 Å². The molecular weight excluding hydrogens is 1070 g/mol. The molecule has 6 atom stereocenters. The summed E-state index contributed by atoms with van der Waals surface area (Å²) in [5, 5.41) is 12.5. The molecule has 0 spiro atoms. The lowest BCUT2D eigenvalue weighted by Gasteiger charge is -2.42. The van der Waals surface area contributed by atoms with E-state index in [1.54, 1.807) is 39.1 Å². The van der Waals surface area contributed by atoms with Crippen molar-refractivity contribution in [2.24, 2.45) is 29.6 Å². The average molecular weight is 1130 g/mol. The predicted molar refractivity (Wildman–Crippen MR) is 282 cm³/mol. The van der Waals surface area contributed by atoms with Gasteiger partial charge in [-0.05, 0) is 102 Å². The number of sulfonamides is 2. The number of ether oxygens (including phenoxy) is 2. The number of carbonyl (C=O) groups excluding carboxylic acids is 2. The minimum absolute atomic E-state index is 0.00675. The Hall–Kier alpha value is -4.10. The van der Waals surface area contributed by atoms with Gasteiger partial charge in [-0.25, -0.2) is 55.8 Å². The molecule has 0 radical (unpaired) electrons. The maximum Gasteiger partial charge on any atom is 0.229 e. The Labute approximate surface area is 445 Å². The van der Waals surface area contributed by atoms with Crippen molar-refractivity contribution in [1.29, 1.82) is 0 Å². The van der Waals surface area contributed by atoms with Gasteiger partial charge in [0, 0.05) is 81.5 Å². The summed E-state index contributed by atoms with van der Waals surface area (Å²) < 4.78 is 67.6. The van der Waals surface area contributed by atoms with E-state index in [0.717, 1.165) is 26.1 Å². The number of piperidine rings is 1. The number of anilines is 4. The van der Waals surface area contributed by atoms with Crippen LogP contribution >= 0.6 is 46.4 Å². The van der Waals surface area contributed by atoms with Gasteiger partial charge in [-0.2, -0.15) is 0 Å². The van der Waals surface area contributed by atoms with Crippen molar-refractivity contribution < 1.29 is 35.9 Å². The fraction of sp³-hybridized carbons (Fsp3) is 0.574. The molecule has 0 bridgehead atoms. The summed E-state index contributed by atoms with van der Waals surface area (Å²) in [5.41, 5.74) is 1.37. The Morgan fingerprint density at radius 3 is 1.82 bits per heavy atom. The second-order valence-corrected chi connectivity index (χ2v) is 25.4. The van der Waals surface area contributed by atoms with Crippen molar-refractivity contribution in [2.45, 2.75) is 89.5 Å². The van der Waals surface area contributed by atoms with Crippen LogP contribution < -0.4 is 26.0 Å². The molecule has 4 aromatic heterocycles. The molecule has 2 amide bonds. The van der Waals surface area contributed by atoms with Crippen LogP contribution in [-0.2, 0) is 39.1 Å². The van der Waals surface area contributed by atoms with Crippen molar-refractivity contribution >= 4 is 102 Å². The first kappa shape index (κ1) is 55.1. The number of nitrogens with one attached hydrogen (secondary N) is 5. The van der Waals surface area contributed by atoms with Crippen molar-refractivity contribution in [1.82, 2.24) is 38.9 Å². The van der Waals surface area contributed by atoms with Crippen LogP contribution in [0.15, 0.2) is 36.9 Å². The Morgan fingerprint density at radius 2 is 1.25 bits per heavy atom. The average Bonchev–Trinajstić information content (AvgIpc) is 3.85. The van der Waals surface area contributed by atoms with E-state index in [4.69, 9.17) is 65.8 Å². The Balaban J connectivity index is 0.900. The zero-order valence-electron chi connectivity index (χ0n) is 40.6. The molecule has 1 aliphatic carbocycles. The molecule has 26 heteroatoms. The number of nitrogens with zero attached hydrogens (tertiary/aromatic N) is 7. The number of hydrogen-bond donors (Lipinski definition) is 5. The highest BCUT2D eigenvalue weighted by molar-refractivity contribution is 7.90. The molecule has 8 rings (SSSR count). The van der Waals surface area contributed by atoms with Crippen molar-refractivity contribution in [3.8, 4) is 22.5 Å². The van der Waals surface area contributed by atoms with Crippen molar-refractivity contribution in [2.75, 3.05) is 73.0 Å². The molecule has 4 fully saturated rings.